The average Bonchev–Trinajstić information content (AvgIpc) is 2.58. The molecule has 3 rings (SSSR count). The van der Waals surface area contributed by atoms with Crippen LogP contribution in [0.25, 0.3) is 0 Å². The van der Waals surface area contributed by atoms with E-state index in [-0.39, 0.29) is 20.5 Å². The van der Waals surface area contributed by atoms with Gasteiger partial charge in [-0.2, -0.15) is 0 Å². The third-order valence-corrected chi connectivity index (χ3v) is 4.91. The minimum atomic E-state index is -4.03. The number of carbonyl (C=O) groups is 1. The first kappa shape index (κ1) is 17.8. The molecule has 1 amide bonds. The molecule has 2 aromatic rings. The Morgan fingerprint density at radius 3 is 2.28 bits per heavy atom. The Kier molecular flexibility index (Phi) is 5.05. The highest BCUT2D eigenvalue weighted by molar-refractivity contribution is 7.89. The summed E-state index contributed by atoms with van der Waals surface area (Å²) in [4.78, 5) is 14.0. The van der Waals surface area contributed by atoms with Crippen molar-refractivity contribution in [3.63, 3.8) is 0 Å². The number of sulfonamides is 1. The summed E-state index contributed by atoms with van der Waals surface area (Å²) in [6.45, 7) is 0.806. The summed E-state index contributed by atoms with van der Waals surface area (Å²) in [5.74, 6) is 0.286. The molecule has 0 unspecified atom stereocenters. The number of hydrogen-bond donors (Lipinski definition) is 2. The zero-order chi connectivity index (χ0) is 18.0. The number of hydrazine groups is 1. The number of hydrogen-bond acceptors (Lipinski definition) is 5. The zero-order valence-corrected chi connectivity index (χ0v) is 14.9. The Labute approximate surface area is 153 Å². The molecule has 10 heteroatoms. The van der Waals surface area contributed by atoms with E-state index < -0.39 is 15.9 Å². The Morgan fingerprint density at radius 1 is 0.960 bits per heavy atom. The maximum Gasteiger partial charge on any atom is 0.266 e. The van der Waals surface area contributed by atoms with Crippen molar-refractivity contribution in [3.8, 4) is 11.5 Å². The lowest BCUT2D eigenvalue weighted by molar-refractivity contribution is 0.0944. The van der Waals surface area contributed by atoms with Gasteiger partial charge in [0.25, 0.3) is 15.9 Å². The Morgan fingerprint density at radius 2 is 1.60 bits per heavy atom. The van der Waals surface area contributed by atoms with Gasteiger partial charge in [-0.05, 0) is 36.4 Å². The summed E-state index contributed by atoms with van der Waals surface area (Å²) in [5.41, 5.74) is 2.33. The average molecular weight is 403 g/mol. The summed E-state index contributed by atoms with van der Waals surface area (Å²) in [5, 5.41) is 0.317. The molecule has 0 saturated carbocycles. The third-order valence-electron chi connectivity index (χ3n) is 3.25. The molecular weight excluding hydrogens is 391 g/mol. The van der Waals surface area contributed by atoms with Crippen molar-refractivity contribution < 1.29 is 22.7 Å². The first-order chi connectivity index (χ1) is 11.8. The van der Waals surface area contributed by atoms with Crippen molar-refractivity contribution >= 4 is 39.1 Å². The largest absolute Gasteiger partial charge is 0.486 e. The molecular formula is C15H12Cl2N2O5S. The second kappa shape index (κ2) is 7.09. The highest BCUT2D eigenvalue weighted by Crippen LogP contribution is 2.30. The zero-order valence-electron chi connectivity index (χ0n) is 12.6. The van der Waals surface area contributed by atoms with Gasteiger partial charge < -0.3 is 9.47 Å². The highest BCUT2D eigenvalue weighted by atomic mass is 35.5. The van der Waals surface area contributed by atoms with Crippen molar-refractivity contribution in [1.82, 2.24) is 10.3 Å². The Bertz CT molecular complexity index is 913. The first-order valence-corrected chi connectivity index (χ1v) is 9.27. The van der Waals surface area contributed by atoms with E-state index in [1.165, 1.54) is 30.3 Å². The van der Waals surface area contributed by atoms with Crippen LogP contribution >= 0.6 is 23.2 Å². The van der Waals surface area contributed by atoms with Crippen LogP contribution in [0.4, 0.5) is 0 Å². The van der Waals surface area contributed by atoms with Crippen molar-refractivity contribution in [2.24, 2.45) is 0 Å². The molecule has 7 nitrogen and oxygen atoms in total. The number of benzene rings is 2. The summed E-state index contributed by atoms with van der Waals surface area (Å²) >= 11 is 11.6. The quantitative estimate of drug-likeness (QED) is 0.765. The van der Waals surface area contributed by atoms with Crippen LogP contribution in [0, 0.1) is 0 Å². The van der Waals surface area contributed by atoms with Crippen LogP contribution in [0.3, 0.4) is 0 Å². The lowest BCUT2D eigenvalue weighted by Crippen LogP contribution is -2.41. The second-order valence-corrected chi connectivity index (χ2v) is 7.58. The van der Waals surface area contributed by atoms with Crippen molar-refractivity contribution in [3.05, 3.63) is 52.0 Å². The lowest BCUT2D eigenvalue weighted by atomic mass is 10.2. The van der Waals surface area contributed by atoms with Crippen LogP contribution in [-0.2, 0) is 10.0 Å². The van der Waals surface area contributed by atoms with E-state index in [4.69, 9.17) is 32.7 Å². The van der Waals surface area contributed by atoms with Gasteiger partial charge in [-0.15, -0.1) is 4.83 Å². The van der Waals surface area contributed by atoms with Gasteiger partial charge in [0, 0.05) is 15.6 Å². The molecule has 1 aliphatic heterocycles. The van der Waals surface area contributed by atoms with Gasteiger partial charge in [0.15, 0.2) is 11.5 Å². The second-order valence-electron chi connectivity index (χ2n) is 5.02. The molecule has 0 atom stereocenters. The van der Waals surface area contributed by atoms with Gasteiger partial charge in [-0.3, -0.25) is 10.2 Å². The fourth-order valence-electron chi connectivity index (χ4n) is 2.11. The van der Waals surface area contributed by atoms with Gasteiger partial charge in [0.2, 0.25) is 0 Å². The number of amides is 1. The number of carbonyl (C=O) groups excluding carboxylic acids is 1. The van der Waals surface area contributed by atoms with E-state index >= 15 is 0 Å². The molecule has 0 saturated heterocycles. The minimum Gasteiger partial charge on any atom is -0.486 e. The highest BCUT2D eigenvalue weighted by Gasteiger charge is 2.19. The van der Waals surface area contributed by atoms with Gasteiger partial charge in [-0.1, -0.05) is 23.2 Å². The Balaban J connectivity index is 1.73. The number of halogens is 2. The predicted octanol–water partition coefficient (Wildman–Crippen LogP) is 2.39. The molecule has 0 spiro atoms. The standard InChI is InChI=1S/C15H12Cl2N2O5S/c16-10-6-11(17)8-12(7-10)25(21,22)19-18-15(20)9-1-2-13-14(5-9)24-4-3-23-13/h1-2,5-8,19H,3-4H2,(H,18,20). The van der Waals surface area contributed by atoms with Crippen LogP contribution in [-0.4, -0.2) is 27.5 Å². The predicted molar refractivity (Wildman–Crippen MR) is 91.7 cm³/mol. The van der Waals surface area contributed by atoms with E-state index in [1.807, 2.05) is 4.83 Å². The van der Waals surface area contributed by atoms with Gasteiger partial charge >= 0.3 is 0 Å². The molecule has 0 aromatic heterocycles. The molecule has 1 heterocycles. The van der Waals surface area contributed by atoms with Crippen LogP contribution in [0.1, 0.15) is 10.4 Å². The third kappa shape index (κ3) is 4.16. The maximum atomic E-state index is 12.2. The molecule has 2 N–H and O–H groups in total. The first-order valence-electron chi connectivity index (χ1n) is 7.03. The molecule has 0 bridgehead atoms. The summed E-state index contributed by atoms with van der Waals surface area (Å²) < 4.78 is 35.2. The normalized spacial score (nSPS) is 13.4. The summed E-state index contributed by atoms with van der Waals surface area (Å²) in [6, 6.07) is 8.37. The summed E-state index contributed by atoms with van der Waals surface area (Å²) in [6.07, 6.45) is 0. The van der Waals surface area contributed by atoms with E-state index in [2.05, 4.69) is 5.43 Å². The molecule has 132 valence electrons. The molecule has 0 radical (unpaired) electrons. The Hall–Kier alpha value is -2.00. The summed E-state index contributed by atoms with van der Waals surface area (Å²) in [7, 11) is -4.03. The van der Waals surface area contributed by atoms with Crippen LogP contribution in [0.15, 0.2) is 41.3 Å². The molecule has 0 aliphatic carbocycles. The minimum absolute atomic E-state index is 0.158. The molecule has 1 aliphatic rings. The maximum absolute atomic E-state index is 12.2. The van der Waals surface area contributed by atoms with Crippen molar-refractivity contribution in [1.29, 1.82) is 0 Å². The molecule has 2 aromatic carbocycles. The molecule has 0 fully saturated rings. The van der Waals surface area contributed by atoms with Gasteiger partial charge in [0.05, 0.1) is 4.90 Å². The van der Waals surface area contributed by atoms with Crippen LogP contribution < -0.4 is 19.7 Å². The number of ether oxygens (including phenoxy) is 2. The number of nitrogens with one attached hydrogen (secondary N) is 2. The van der Waals surface area contributed by atoms with Crippen molar-refractivity contribution in [2.75, 3.05) is 13.2 Å². The van der Waals surface area contributed by atoms with Crippen LogP contribution in [0.5, 0.6) is 11.5 Å². The van der Waals surface area contributed by atoms with Crippen molar-refractivity contribution in [2.45, 2.75) is 4.90 Å². The van der Waals surface area contributed by atoms with Gasteiger partial charge in [0.1, 0.15) is 13.2 Å². The van der Waals surface area contributed by atoms with E-state index in [0.29, 0.717) is 24.7 Å². The van der Waals surface area contributed by atoms with Gasteiger partial charge in [-0.25, -0.2) is 8.42 Å². The SMILES string of the molecule is O=C(NNS(=O)(=O)c1cc(Cl)cc(Cl)c1)c1ccc2c(c1)OCCO2. The molecule has 25 heavy (non-hydrogen) atoms. The fraction of sp³-hybridized carbons (Fsp3) is 0.133. The van der Waals surface area contributed by atoms with E-state index in [1.54, 1.807) is 6.07 Å². The van der Waals surface area contributed by atoms with E-state index in [0.717, 1.165) is 0 Å². The van der Waals surface area contributed by atoms with Crippen LogP contribution in [0.2, 0.25) is 10.0 Å². The topological polar surface area (TPSA) is 93.7 Å². The monoisotopic (exact) mass is 402 g/mol. The smallest absolute Gasteiger partial charge is 0.266 e. The van der Waals surface area contributed by atoms with E-state index in [9.17, 15) is 13.2 Å². The number of rotatable bonds is 4. The number of fused-ring (bicyclic) bond motifs is 1. The fourth-order valence-corrected chi connectivity index (χ4v) is 3.68. The lowest BCUT2D eigenvalue weighted by Gasteiger charge is -2.18.